The van der Waals surface area contributed by atoms with E-state index in [0.29, 0.717) is 43.5 Å². The van der Waals surface area contributed by atoms with Gasteiger partial charge in [-0.05, 0) is 53.1 Å². The maximum atomic E-state index is 13.2. The molecule has 37 heavy (non-hydrogen) atoms. The zero-order valence-corrected chi connectivity index (χ0v) is 20.4. The Balaban J connectivity index is 1.25. The van der Waals surface area contributed by atoms with Crippen LogP contribution in [0.3, 0.4) is 0 Å². The molecule has 1 aliphatic heterocycles. The summed E-state index contributed by atoms with van der Waals surface area (Å²) in [6.45, 7) is 2.02. The first-order chi connectivity index (χ1) is 18.2. The number of ether oxygens (including phenoxy) is 4. The van der Waals surface area contributed by atoms with Gasteiger partial charge in [-0.1, -0.05) is 78.9 Å². The highest BCUT2D eigenvalue weighted by Gasteiger charge is 2.24. The number of carbonyl (C=O) groups is 1. The molecule has 0 amide bonds. The number of rotatable bonds is 12. The number of ketones is 1. The normalized spacial score (nSPS) is 14.3. The van der Waals surface area contributed by atoms with Crippen molar-refractivity contribution in [3.8, 4) is 17.2 Å². The number of allylic oxidation sites excluding steroid dienone is 1. The Labute approximate surface area is 216 Å². The average molecular weight is 493 g/mol. The van der Waals surface area contributed by atoms with Gasteiger partial charge in [-0.25, -0.2) is 0 Å². The Morgan fingerprint density at radius 1 is 0.757 bits per heavy atom. The van der Waals surface area contributed by atoms with Crippen LogP contribution >= 0.6 is 0 Å². The summed E-state index contributed by atoms with van der Waals surface area (Å²) in [7, 11) is 0. The molecule has 5 nitrogen and oxygen atoms in total. The maximum absolute atomic E-state index is 13.2. The Kier molecular flexibility index (Phi) is 7.94. The Hall–Kier alpha value is -4.35. The van der Waals surface area contributed by atoms with Crippen molar-refractivity contribution in [2.24, 2.45) is 0 Å². The van der Waals surface area contributed by atoms with Crippen LogP contribution in [-0.2, 0) is 18.0 Å². The van der Waals surface area contributed by atoms with Crippen molar-refractivity contribution in [1.82, 2.24) is 0 Å². The van der Waals surface area contributed by atoms with E-state index < -0.39 is 0 Å². The summed E-state index contributed by atoms with van der Waals surface area (Å²) in [5, 5.41) is 0. The first-order valence-electron chi connectivity index (χ1n) is 12.3. The third kappa shape index (κ3) is 7.32. The summed E-state index contributed by atoms with van der Waals surface area (Å²) in [5.74, 6) is 1.73. The SMILES string of the molecule is O=C(/C=C/c1ccc(OCc2ccccc2)cc1)c1cc(OCc2ccccc2)ccc1OCC1CO1. The van der Waals surface area contributed by atoms with Crippen molar-refractivity contribution in [3.63, 3.8) is 0 Å². The molecule has 4 aromatic carbocycles. The summed E-state index contributed by atoms with van der Waals surface area (Å²) in [4.78, 5) is 13.2. The number of carbonyl (C=O) groups excluding carboxylic acids is 1. The van der Waals surface area contributed by atoms with E-state index in [0.717, 1.165) is 22.4 Å². The van der Waals surface area contributed by atoms with Gasteiger partial charge in [0.25, 0.3) is 0 Å². The molecule has 1 aliphatic rings. The smallest absolute Gasteiger partial charge is 0.189 e. The van der Waals surface area contributed by atoms with Gasteiger partial charge in [-0.15, -0.1) is 0 Å². The van der Waals surface area contributed by atoms with Gasteiger partial charge in [0.2, 0.25) is 0 Å². The number of epoxide rings is 1. The molecule has 0 aliphatic carbocycles. The van der Waals surface area contributed by atoms with Crippen LogP contribution in [-0.4, -0.2) is 25.1 Å². The molecule has 1 unspecified atom stereocenters. The van der Waals surface area contributed by atoms with Gasteiger partial charge >= 0.3 is 0 Å². The molecule has 0 bridgehead atoms. The van der Waals surface area contributed by atoms with Gasteiger partial charge < -0.3 is 18.9 Å². The lowest BCUT2D eigenvalue weighted by Gasteiger charge is -2.12. The molecule has 1 atom stereocenters. The highest BCUT2D eigenvalue weighted by Crippen LogP contribution is 2.27. The van der Waals surface area contributed by atoms with E-state index in [1.54, 1.807) is 24.3 Å². The molecular formula is C32H28O5. The van der Waals surface area contributed by atoms with E-state index >= 15 is 0 Å². The highest BCUT2D eigenvalue weighted by atomic mass is 16.6. The second kappa shape index (κ2) is 12.1. The zero-order valence-electron chi connectivity index (χ0n) is 20.4. The van der Waals surface area contributed by atoms with Crippen LogP contribution in [0, 0.1) is 0 Å². The van der Waals surface area contributed by atoms with Gasteiger partial charge in [0.05, 0.1) is 12.2 Å². The lowest BCUT2D eigenvalue weighted by Crippen LogP contribution is -2.08. The Morgan fingerprint density at radius 3 is 1.97 bits per heavy atom. The minimum atomic E-state index is -0.165. The molecular weight excluding hydrogens is 464 g/mol. The van der Waals surface area contributed by atoms with Crippen molar-refractivity contribution in [1.29, 1.82) is 0 Å². The Morgan fingerprint density at radius 2 is 1.35 bits per heavy atom. The third-order valence-electron chi connectivity index (χ3n) is 5.85. The number of hydrogen-bond acceptors (Lipinski definition) is 5. The fraction of sp³-hybridized carbons (Fsp3) is 0.156. The molecule has 0 spiro atoms. The minimum Gasteiger partial charge on any atom is -0.490 e. The van der Waals surface area contributed by atoms with E-state index in [4.69, 9.17) is 18.9 Å². The highest BCUT2D eigenvalue weighted by molar-refractivity contribution is 6.08. The second-order valence-electron chi connectivity index (χ2n) is 8.74. The molecule has 186 valence electrons. The number of hydrogen-bond donors (Lipinski definition) is 0. The molecule has 1 saturated heterocycles. The van der Waals surface area contributed by atoms with E-state index in [1.807, 2.05) is 91.0 Å². The standard InChI is InChI=1S/C32H28O5/c33-31(17-13-24-11-14-27(15-12-24)34-20-25-7-3-1-4-8-25)30-19-28(35-21-26-9-5-2-6-10-26)16-18-32(30)37-23-29-22-36-29/h1-19,29H,20-23H2/b17-13+. The van der Waals surface area contributed by atoms with Crippen molar-refractivity contribution >= 4 is 11.9 Å². The average Bonchev–Trinajstić information content (AvgIpc) is 3.79. The van der Waals surface area contributed by atoms with Crippen molar-refractivity contribution in [3.05, 3.63) is 131 Å². The third-order valence-corrected chi connectivity index (χ3v) is 5.85. The molecule has 1 fully saturated rings. The molecule has 5 rings (SSSR count). The summed E-state index contributed by atoms with van der Waals surface area (Å²) in [6.07, 6.45) is 3.43. The van der Waals surface area contributed by atoms with Crippen LogP contribution in [0.5, 0.6) is 17.2 Å². The predicted molar refractivity (Wildman–Crippen MR) is 143 cm³/mol. The summed E-state index contributed by atoms with van der Waals surface area (Å²) < 4.78 is 22.9. The van der Waals surface area contributed by atoms with E-state index in [-0.39, 0.29) is 11.9 Å². The predicted octanol–water partition coefficient (Wildman–Crippen LogP) is 6.52. The molecule has 0 radical (unpaired) electrons. The molecule has 4 aromatic rings. The summed E-state index contributed by atoms with van der Waals surface area (Å²) >= 11 is 0. The van der Waals surface area contributed by atoms with Crippen LogP contribution in [0.2, 0.25) is 0 Å². The van der Waals surface area contributed by atoms with E-state index in [1.165, 1.54) is 0 Å². The van der Waals surface area contributed by atoms with Gasteiger partial charge in [-0.2, -0.15) is 0 Å². The maximum Gasteiger partial charge on any atom is 0.189 e. The molecule has 5 heteroatoms. The van der Waals surface area contributed by atoms with Crippen LogP contribution in [0.4, 0.5) is 0 Å². The van der Waals surface area contributed by atoms with E-state index in [2.05, 4.69) is 0 Å². The summed E-state index contributed by atoms with van der Waals surface area (Å²) in [5.41, 5.74) is 3.51. The van der Waals surface area contributed by atoms with Crippen molar-refractivity contribution < 1.29 is 23.7 Å². The lowest BCUT2D eigenvalue weighted by molar-refractivity contribution is 0.104. The topological polar surface area (TPSA) is 57.3 Å². The molecule has 1 heterocycles. The van der Waals surface area contributed by atoms with Crippen molar-refractivity contribution in [2.45, 2.75) is 19.3 Å². The van der Waals surface area contributed by atoms with Crippen LogP contribution in [0.15, 0.2) is 109 Å². The monoisotopic (exact) mass is 492 g/mol. The molecule has 0 aromatic heterocycles. The molecule has 0 saturated carbocycles. The first kappa shape index (κ1) is 24.3. The second-order valence-corrected chi connectivity index (χ2v) is 8.74. The van der Waals surface area contributed by atoms with Crippen LogP contribution < -0.4 is 14.2 Å². The largest absolute Gasteiger partial charge is 0.490 e. The van der Waals surface area contributed by atoms with Gasteiger partial charge in [-0.3, -0.25) is 4.79 Å². The summed E-state index contributed by atoms with van der Waals surface area (Å²) in [6, 6.07) is 32.9. The van der Waals surface area contributed by atoms with Crippen LogP contribution in [0.25, 0.3) is 6.08 Å². The van der Waals surface area contributed by atoms with Gasteiger partial charge in [0, 0.05) is 0 Å². The first-order valence-corrected chi connectivity index (χ1v) is 12.3. The quantitative estimate of drug-likeness (QED) is 0.128. The van der Waals surface area contributed by atoms with Crippen molar-refractivity contribution in [2.75, 3.05) is 13.2 Å². The molecule has 0 N–H and O–H groups in total. The van der Waals surface area contributed by atoms with Crippen LogP contribution in [0.1, 0.15) is 27.0 Å². The minimum absolute atomic E-state index is 0.0927. The fourth-order valence-electron chi connectivity index (χ4n) is 3.68. The fourth-order valence-corrected chi connectivity index (χ4v) is 3.68. The Bertz CT molecular complexity index is 1330. The zero-order chi connectivity index (χ0) is 25.3. The van der Waals surface area contributed by atoms with Gasteiger partial charge in [0.1, 0.15) is 43.2 Å². The van der Waals surface area contributed by atoms with E-state index in [9.17, 15) is 4.79 Å². The van der Waals surface area contributed by atoms with Gasteiger partial charge in [0.15, 0.2) is 5.78 Å². The number of benzene rings is 4. The lowest BCUT2D eigenvalue weighted by atomic mass is 10.1.